The first-order valence-corrected chi connectivity index (χ1v) is 7.81. The highest BCUT2D eigenvalue weighted by Crippen LogP contribution is 2.23. The lowest BCUT2D eigenvalue weighted by atomic mass is 9.92. The van der Waals surface area contributed by atoms with Gasteiger partial charge < -0.3 is 14.8 Å². The van der Waals surface area contributed by atoms with Crippen molar-refractivity contribution in [3.05, 3.63) is 35.1 Å². The molecule has 2 atom stereocenters. The van der Waals surface area contributed by atoms with Crippen LogP contribution in [0.15, 0.2) is 18.2 Å². The van der Waals surface area contributed by atoms with Gasteiger partial charge >= 0.3 is 0 Å². The van der Waals surface area contributed by atoms with E-state index in [1.54, 1.807) is 12.1 Å². The summed E-state index contributed by atoms with van der Waals surface area (Å²) in [7, 11) is 1.53. The van der Waals surface area contributed by atoms with E-state index in [1.165, 1.54) is 13.2 Å². The molecule has 1 amide bonds. The number of methoxy groups -OCH3 is 1. The molecule has 1 aliphatic heterocycles. The fraction of sp³-hybridized carbons (Fsp3) is 0.588. The van der Waals surface area contributed by atoms with Crippen LogP contribution in [-0.4, -0.2) is 25.7 Å². The lowest BCUT2D eigenvalue weighted by molar-refractivity contribution is -0.134. The fourth-order valence-corrected chi connectivity index (χ4v) is 2.87. The Hall–Kier alpha value is -1.46. The van der Waals surface area contributed by atoms with E-state index in [-0.39, 0.29) is 30.4 Å². The molecule has 1 saturated heterocycles. The zero-order valence-corrected chi connectivity index (χ0v) is 13.2. The molecular formula is C17H24FNO3. The zero-order valence-electron chi connectivity index (χ0n) is 13.2. The van der Waals surface area contributed by atoms with Crippen molar-refractivity contribution in [3.63, 3.8) is 0 Å². The van der Waals surface area contributed by atoms with Crippen LogP contribution < -0.4 is 5.32 Å². The Labute approximate surface area is 131 Å². The Morgan fingerprint density at radius 3 is 3.05 bits per heavy atom. The predicted octanol–water partition coefficient (Wildman–Crippen LogP) is 2.79. The van der Waals surface area contributed by atoms with E-state index in [9.17, 15) is 9.18 Å². The van der Waals surface area contributed by atoms with Crippen molar-refractivity contribution in [1.82, 2.24) is 5.32 Å². The second kappa shape index (κ2) is 8.25. The summed E-state index contributed by atoms with van der Waals surface area (Å²) < 4.78 is 24.2. The second-order valence-corrected chi connectivity index (χ2v) is 5.64. The van der Waals surface area contributed by atoms with Gasteiger partial charge in [-0.15, -0.1) is 0 Å². The maximum atomic E-state index is 13.6. The Kier molecular flexibility index (Phi) is 6.34. The molecule has 0 bridgehead atoms. The lowest BCUT2D eigenvalue weighted by Crippen LogP contribution is -2.41. The quantitative estimate of drug-likeness (QED) is 0.879. The molecule has 1 aliphatic rings. The smallest absolute Gasteiger partial charge is 0.225 e. The summed E-state index contributed by atoms with van der Waals surface area (Å²) in [5.41, 5.74) is 1.37. The van der Waals surface area contributed by atoms with Crippen LogP contribution in [0, 0.1) is 11.7 Å². The van der Waals surface area contributed by atoms with Gasteiger partial charge in [-0.2, -0.15) is 0 Å². The third-order valence-electron chi connectivity index (χ3n) is 4.06. The normalized spacial score (nSPS) is 21.6. The molecule has 1 N–H and O–H groups in total. The molecule has 0 saturated carbocycles. The number of carbonyl (C=O) groups excluding carboxylic acids is 1. The van der Waals surface area contributed by atoms with Gasteiger partial charge in [-0.25, -0.2) is 4.39 Å². The fourth-order valence-electron chi connectivity index (χ4n) is 2.87. The number of nitrogens with one attached hydrogen (secondary N) is 1. The molecule has 1 aromatic rings. The van der Waals surface area contributed by atoms with Crippen LogP contribution in [0.25, 0.3) is 0 Å². The van der Waals surface area contributed by atoms with E-state index in [0.29, 0.717) is 12.1 Å². The Morgan fingerprint density at radius 1 is 1.50 bits per heavy atom. The second-order valence-electron chi connectivity index (χ2n) is 5.64. The Morgan fingerprint density at radius 2 is 2.32 bits per heavy atom. The van der Waals surface area contributed by atoms with Crippen LogP contribution in [0.3, 0.4) is 0 Å². The first kappa shape index (κ1) is 16.9. The molecule has 4 nitrogen and oxygen atoms in total. The van der Waals surface area contributed by atoms with Gasteiger partial charge in [-0.05, 0) is 37.0 Å². The minimum Gasteiger partial charge on any atom is -0.380 e. The highest BCUT2D eigenvalue weighted by Gasteiger charge is 2.30. The number of hydrogen-bond acceptors (Lipinski definition) is 3. The molecule has 1 heterocycles. The largest absolute Gasteiger partial charge is 0.380 e. The highest BCUT2D eigenvalue weighted by molar-refractivity contribution is 5.79. The number of halogens is 1. The summed E-state index contributed by atoms with van der Waals surface area (Å²) in [5.74, 6) is -0.356. The van der Waals surface area contributed by atoms with Gasteiger partial charge in [-0.3, -0.25) is 4.79 Å². The van der Waals surface area contributed by atoms with Crippen molar-refractivity contribution in [3.8, 4) is 0 Å². The van der Waals surface area contributed by atoms with Crippen molar-refractivity contribution >= 4 is 5.91 Å². The lowest BCUT2D eigenvalue weighted by Gasteiger charge is -2.30. The van der Waals surface area contributed by atoms with E-state index in [1.807, 2.05) is 6.92 Å². The minimum atomic E-state index is -0.288. The molecule has 122 valence electrons. The molecule has 0 aliphatic carbocycles. The van der Waals surface area contributed by atoms with Gasteiger partial charge in [0.2, 0.25) is 5.91 Å². The summed E-state index contributed by atoms with van der Waals surface area (Å²) in [6.07, 6.45) is 2.63. The minimum absolute atomic E-state index is 0.00557. The third-order valence-corrected chi connectivity index (χ3v) is 4.06. The number of carbonyl (C=O) groups is 1. The topological polar surface area (TPSA) is 47.6 Å². The Bertz CT molecular complexity index is 507. The van der Waals surface area contributed by atoms with E-state index in [4.69, 9.17) is 9.47 Å². The summed E-state index contributed by atoms with van der Waals surface area (Å²) in [6.45, 7) is 3.39. The summed E-state index contributed by atoms with van der Waals surface area (Å²) in [6, 6.07) is 4.83. The van der Waals surface area contributed by atoms with Gasteiger partial charge in [0.1, 0.15) is 5.82 Å². The van der Waals surface area contributed by atoms with E-state index in [0.717, 1.165) is 31.4 Å². The van der Waals surface area contributed by atoms with Crippen molar-refractivity contribution in [2.75, 3.05) is 13.7 Å². The van der Waals surface area contributed by atoms with Gasteiger partial charge in [0.25, 0.3) is 0 Å². The van der Waals surface area contributed by atoms with Crippen molar-refractivity contribution in [2.45, 2.75) is 45.4 Å². The van der Waals surface area contributed by atoms with E-state index >= 15 is 0 Å². The predicted molar refractivity (Wildman–Crippen MR) is 81.7 cm³/mol. The van der Waals surface area contributed by atoms with Gasteiger partial charge in [0.15, 0.2) is 0 Å². The first-order chi connectivity index (χ1) is 10.7. The van der Waals surface area contributed by atoms with Crippen molar-refractivity contribution in [1.29, 1.82) is 0 Å². The monoisotopic (exact) mass is 309 g/mol. The highest BCUT2D eigenvalue weighted by atomic mass is 19.1. The van der Waals surface area contributed by atoms with Crippen LogP contribution in [0.5, 0.6) is 0 Å². The number of rotatable bonds is 6. The average molecular weight is 309 g/mol. The molecule has 0 aromatic heterocycles. The molecule has 1 aromatic carbocycles. The van der Waals surface area contributed by atoms with Crippen LogP contribution in [0.2, 0.25) is 0 Å². The number of hydrogen-bond donors (Lipinski definition) is 1. The Balaban J connectivity index is 1.94. The molecule has 0 radical (unpaired) electrons. The molecule has 2 rings (SSSR count). The zero-order chi connectivity index (χ0) is 15.9. The summed E-state index contributed by atoms with van der Waals surface area (Å²) >= 11 is 0. The first-order valence-electron chi connectivity index (χ1n) is 7.81. The van der Waals surface area contributed by atoms with Gasteiger partial charge in [0, 0.05) is 25.8 Å². The molecular weight excluding hydrogens is 285 g/mol. The summed E-state index contributed by atoms with van der Waals surface area (Å²) in [5, 5.41) is 2.94. The van der Waals surface area contributed by atoms with Crippen LogP contribution >= 0.6 is 0 Å². The maximum Gasteiger partial charge on any atom is 0.225 e. The SMILES string of the molecule is CC[C@@H]1OCCC[C@H]1C(=O)NCc1ccc(F)c(COC)c1. The van der Waals surface area contributed by atoms with E-state index in [2.05, 4.69) is 5.32 Å². The van der Waals surface area contributed by atoms with Crippen LogP contribution in [0.4, 0.5) is 4.39 Å². The van der Waals surface area contributed by atoms with Gasteiger partial charge in [0.05, 0.1) is 18.6 Å². The van der Waals surface area contributed by atoms with Crippen molar-refractivity contribution in [2.24, 2.45) is 5.92 Å². The number of benzene rings is 1. The summed E-state index contributed by atoms with van der Waals surface area (Å²) in [4.78, 5) is 12.3. The molecule has 0 unspecified atom stereocenters. The standard InChI is InChI=1S/C17H24FNO3/c1-3-16-14(5-4-8-22-16)17(20)19-10-12-6-7-15(18)13(9-12)11-21-2/h6-7,9,14,16H,3-5,8,10-11H2,1-2H3,(H,19,20)/t14-,16+/m1/s1. The molecule has 0 spiro atoms. The molecule has 5 heteroatoms. The maximum absolute atomic E-state index is 13.6. The average Bonchev–Trinajstić information content (AvgIpc) is 2.55. The molecule has 22 heavy (non-hydrogen) atoms. The van der Waals surface area contributed by atoms with E-state index < -0.39 is 0 Å². The third kappa shape index (κ3) is 4.27. The number of ether oxygens (including phenoxy) is 2. The van der Waals surface area contributed by atoms with Crippen molar-refractivity contribution < 1.29 is 18.7 Å². The molecule has 1 fully saturated rings. The number of amides is 1. The van der Waals surface area contributed by atoms with Crippen LogP contribution in [0.1, 0.15) is 37.3 Å². The van der Waals surface area contributed by atoms with Gasteiger partial charge in [-0.1, -0.05) is 13.0 Å². The van der Waals surface area contributed by atoms with Crippen LogP contribution in [-0.2, 0) is 27.4 Å².